The molecular formula is C19H27N7O. The molecule has 2 fully saturated rings. The van der Waals surface area contributed by atoms with E-state index in [1.54, 1.807) is 10.9 Å². The molecule has 0 aromatic carbocycles. The van der Waals surface area contributed by atoms with Crippen molar-refractivity contribution in [2.24, 2.45) is 12.5 Å². The van der Waals surface area contributed by atoms with Gasteiger partial charge in [-0.2, -0.15) is 5.10 Å². The first-order valence-corrected chi connectivity index (χ1v) is 9.27. The smallest absolute Gasteiger partial charge is 0.272 e. The van der Waals surface area contributed by atoms with Crippen molar-refractivity contribution in [2.45, 2.75) is 12.8 Å². The van der Waals surface area contributed by atoms with E-state index < -0.39 is 0 Å². The zero-order valence-electron chi connectivity index (χ0n) is 16.7. The lowest BCUT2D eigenvalue weighted by atomic mass is 9.70. The van der Waals surface area contributed by atoms with Crippen LogP contribution in [0.3, 0.4) is 0 Å². The van der Waals surface area contributed by atoms with Crippen molar-refractivity contribution in [3.8, 4) is 0 Å². The van der Waals surface area contributed by atoms with Crippen molar-refractivity contribution < 1.29 is 4.79 Å². The third-order valence-electron chi connectivity index (χ3n) is 5.86. The zero-order valence-corrected chi connectivity index (χ0v) is 16.7. The van der Waals surface area contributed by atoms with E-state index in [1.165, 1.54) is 0 Å². The Morgan fingerprint density at radius 1 is 1.26 bits per heavy atom. The highest BCUT2D eigenvalue weighted by atomic mass is 16.2. The second kappa shape index (κ2) is 6.30. The van der Waals surface area contributed by atoms with Crippen LogP contribution in [0.1, 0.15) is 27.7 Å². The van der Waals surface area contributed by atoms with Crippen molar-refractivity contribution >= 4 is 11.9 Å². The number of carbonyl (C=O) groups excluding carboxylic acids is 1. The molecule has 2 aliphatic rings. The van der Waals surface area contributed by atoms with Gasteiger partial charge in [-0.05, 0) is 25.6 Å². The molecule has 0 radical (unpaired) electrons. The molecule has 0 saturated carbocycles. The predicted molar refractivity (Wildman–Crippen MR) is 103 cm³/mol. The molecule has 2 aromatic rings. The van der Waals surface area contributed by atoms with Gasteiger partial charge in [0.25, 0.3) is 5.91 Å². The highest BCUT2D eigenvalue weighted by Gasteiger charge is 2.56. The Morgan fingerprint density at radius 3 is 2.63 bits per heavy atom. The molecule has 0 bridgehead atoms. The maximum Gasteiger partial charge on any atom is 0.272 e. The molecule has 2 aliphatic heterocycles. The van der Waals surface area contributed by atoms with Gasteiger partial charge < -0.3 is 14.7 Å². The number of nitrogens with zero attached hydrogens (tertiary/aromatic N) is 7. The van der Waals surface area contributed by atoms with Gasteiger partial charge >= 0.3 is 0 Å². The second-order valence-corrected chi connectivity index (χ2v) is 8.25. The number of rotatable bonds is 3. The van der Waals surface area contributed by atoms with Crippen molar-refractivity contribution in [1.29, 1.82) is 0 Å². The Kier molecular flexibility index (Phi) is 4.18. The third-order valence-corrected chi connectivity index (χ3v) is 5.86. The number of likely N-dealkylation sites (N-methyl/N-ethyl adjacent to an activating group) is 1. The number of anilines is 1. The Balaban J connectivity index is 1.57. The normalized spacial score (nSPS) is 21.5. The fraction of sp³-hybridized carbons (Fsp3) is 0.579. The maximum absolute atomic E-state index is 13.0. The molecule has 8 nitrogen and oxygen atoms in total. The predicted octanol–water partition coefficient (Wildman–Crippen LogP) is 0.756. The van der Waals surface area contributed by atoms with E-state index >= 15 is 0 Å². The van der Waals surface area contributed by atoms with Crippen LogP contribution in [-0.2, 0) is 7.05 Å². The molecule has 1 spiro atoms. The quantitative estimate of drug-likeness (QED) is 0.795. The molecule has 0 N–H and O–H groups in total. The standard InChI is InChI=1S/C19H27N7O/c1-13-8-21-25(5)16(13)17(27)26-11-19(12-26)10-24(4)9-14(19)15-6-7-20-18(22-15)23(2)3/h6-8,14H,9-12H2,1-5H3. The molecule has 8 heteroatoms. The summed E-state index contributed by atoms with van der Waals surface area (Å²) >= 11 is 0. The van der Waals surface area contributed by atoms with E-state index in [0.717, 1.165) is 43.4 Å². The summed E-state index contributed by atoms with van der Waals surface area (Å²) in [5, 5.41) is 4.21. The summed E-state index contributed by atoms with van der Waals surface area (Å²) in [6, 6.07) is 2.02. The van der Waals surface area contributed by atoms with Crippen LogP contribution < -0.4 is 4.90 Å². The van der Waals surface area contributed by atoms with Crippen LogP contribution in [0.5, 0.6) is 0 Å². The summed E-state index contributed by atoms with van der Waals surface area (Å²) in [7, 11) is 7.88. The minimum atomic E-state index is 0.0643. The van der Waals surface area contributed by atoms with Crippen LogP contribution in [0.15, 0.2) is 18.5 Å². The molecule has 2 aromatic heterocycles. The van der Waals surface area contributed by atoms with E-state index in [0.29, 0.717) is 11.6 Å². The molecule has 144 valence electrons. The summed E-state index contributed by atoms with van der Waals surface area (Å²) < 4.78 is 1.68. The van der Waals surface area contributed by atoms with Crippen LogP contribution in [0.25, 0.3) is 0 Å². The Bertz CT molecular complexity index is 849. The minimum Gasteiger partial charge on any atom is -0.347 e. The average molecular weight is 369 g/mol. The van der Waals surface area contributed by atoms with Gasteiger partial charge in [-0.3, -0.25) is 9.48 Å². The van der Waals surface area contributed by atoms with Crippen molar-refractivity contribution in [3.63, 3.8) is 0 Å². The summed E-state index contributed by atoms with van der Waals surface area (Å²) in [6.45, 7) is 5.38. The Labute approximate surface area is 159 Å². The number of hydrogen-bond donors (Lipinski definition) is 0. The molecule has 27 heavy (non-hydrogen) atoms. The highest BCUT2D eigenvalue weighted by Crippen LogP contribution is 2.48. The van der Waals surface area contributed by atoms with Gasteiger partial charge in [0.1, 0.15) is 5.69 Å². The van der Waals surface area contributed by atoms with E-state index in [-0.39, 0.29) is 11.3 Å². The molecule has 1 unspecified atom stereocenters. The number of hydrogen-bond acceptors (Lipinski definition) is 6. The first kappa shape index (κ1) is 17.9. The zero-order chi connectivity index (χ0) is 19.3. The van der Waals surface area contributed by atoms with E-state index in [4.69, 9.17) is 4.98 Å². The molecular weight excluding hydrogens is 342 g/mol. The second-order valence-electron chi connectivity index (χ2n) is 8.25. The van der Waals surface area contributed by atoms with E-state index in [2.05, 4.69) is 22.0 Å². The van der Waals surface area contributed by atoms with Crippen molar-refractivity contribution in [3.05, 3.63) is 35.4 Å². The monoisotopic (exact) mass is 369 g/mol. The van der Waals surface area contributed by atoms with Crippen LogP contribution >= 0.6 is 0 Å². The van der Waals surface area contributed by atoms with E-state index in [1.807, 2.05) is 50.1 Å². The first-order chi connectivity index (χ1) is 12.8. The highest BCUT2D eigenvalue weighted by molar-refractivity contribution is 5.94. The average Bonchev–Trinajstić information content (AvgIpc) is 3.12. The number of aryl methyl sites for hydroxylation is 2. The largest absolute Gasteiger partial charge is 0.347 e. The molecule has 1 amide bonds. The number of likely N-dealkylation sites (tertiary alicyclic amines) is 2. The topological polar surface area (TPSA) is 70.4 Å². The maximum atomic E-state index is 13.0. The van der Waals surface area contributed by atoms with Gasteiger partial charge in [-0.1, -0.05) is 0 Å². The summed E-state index contributed by atoms with van der Waals surface area (Å²) in [5.41, 5.74) is 2.75. The SMILES string of the molecule is Cc1cnn(C)c1C(=O)N1CC2(CN(C)CC2c2ccnc(N(C)C)n2)C1. The van der Waals surface area contributed by atoms with E-state index in [9.17, 15) is 4.79 Å². The molecule has 4 rings (SSSR count). The summed E-state index contributed by atoms with van der Waals surface area (Å²) in [5.74, 6) is 1.11. The van der Waals surface area contributed by atoms with Gasteiger partial charge in [-0.25, -0.2) is 9.97 Å². The number of carbonyl (C=O) groups is 1. The Morgan fingerprint density at radius 2 is 2.00 bits per heavy atom. The summed E-state index contributed by atoms with van der Waals surface area (Å²) in [6.07, 6.45) is 3.59. The molecule has 1 atom stereocenters. The lowest BCUT2D eigenvalue weighted by Gasteiger charge is -2.51. The van der Waals surface area contributed by atoms with Crippen LogP contribution in [0, 0.1) is 12.3 Å². The summed E-state index contributed by atoms with van der Waals surface area (Å²) in [4.78, 5) is 28.3. The lowest BCUT2D eigenvalue weighted by Crippen LogP contribution is -2.61. The van der Waals surface area contributed by atoms with Crippen LogP contribution in [0.2, 0.25) is 0 Å². The van der Waals surface area contributed by atoms with Gasteiger partial charge in [0.05, 0.1) is 11.9 Å². The van der Waals surface area contributed by atoms with Crippen LogP contribution in [-0.4, -0.2) is 82.8 Å². The molecule has 4 heterocycles. The van der Waals surface area contributed by atoms with Crippen molar-refractivity contribution in [1.82, 2.24) is 29.5 Å². The molecule has 2 saturated heterocycles. The van der Waals surface area contributed by atoms with Gasteiger partial charge in [0.15, 0.2) is 0 Å². The Hall–Kier alpha value is -2.48. The third kappa shape index (κ3) is 2.88. The minimum absolute atomic E-state index is 0.0643. The van der Waals surface area contributed by atoms with Gasteiger partial charge in [0.2, 0.25) is 5.95 Å². The number of aromatic nitrogens is 4. The fourth-order valence-corrected chi connectivity index (χ4v) is 4.58. The number of amides is 1. The van der Waals surface area contributed by atoms with Crippen LogP contribution in [0.4, 0.5) is 5.95 Å². The van der Waals surface area contributed by atoms with Gasteiger partial charge in [0, 0.05) is 64.9 Å². The first-order valence-electron chi connectivity index (χ1n) is 9.27. The fourth-order valence-electron chi connectivity index (χ4n) is 4.58. The van der Waals surface area contributed by atoms with Gasteiger partial charge in [-0.15, -0.1) is 0 Å². The lowest BCUT2D eigenvalue weighted by molar-refractivity contribution is 0.00268. The van der Waals surface area contributed by atoms with Crippen molar-refractivity contribution in [2.75, 3.05) is 52.2 Å². The molecule has 0 aliphatic carbocycles.